The largest absolute Gasteiger partial charge is 0.496 e. The van der Waals surface area contributed by atoms with Crippen molar-refractivity contribution >= 4 is 11.8 Å². The van der Waals surface area contributed by atoms with Gasteiger partial charge in [-0.15, -0.1) is 18.2 Å². The lowest BCUT2D eigenvalue weighted by Gasteiger charge is -2.13. The highest BCUT2D eigenvalue weighted by atomic mass is 32.2. The standard InChI is InChI=1S/C13H17NOS/c1-4-9-14-10-11(2)16-13-8-6-5-7-12(13)15-3/h1,5-8,11,14H,9-10H2,2-3H3. The molecule has 1 N–H and O–H groups in total. The molecule has 3 heteroatoms. The van der Waals surface area contributed by atoms with E-state index in [9.17, 15) is 0 Å². The smallest absolute Gasteiger partial charge is 0.132 e. The van der Waals surface area contributed by atoms with Crippen LogP contribution in [0.5, 0.6) is 5.75 Å². The minimum Gasteiger partial charge on any atom is -0.496 e. The second kappa shape index (κ2) is 7.21. The van der Waals surface area contributed by atoms with Crippen LogP contribution < -0.4 is 10.1 Å². The Balaban J connectivity index is 2.49. The summed E-state index contributed by atoms with van der Waals surface area (Å²) in [5.74, 6) is 3.49. The molecule has 1 atom stereocenters. The fourth-order valence-electron chi connectivity index (χ4n) is 1.32. The van der Waals surface area contributed by atoms with Gasteiger partial charge >= 0.3 is 0 Å². The Morgan fingerprint density at radius 1 is 1.50 bits per heavy atom. The van der Waals surface area contributed by atoms with Crippen molar-refractivity contribution in [3.63, 3.8) is 0 Å². The van der Waals surface area contributed by atoms with Gasteiger partial charge in [0.05, 0.1) is 13.7 Å². The molecule has 1 aromatic carbocycles. The number of para-hydroxylation sites is 1. The van der Waals surface area contributed by atoms with Crippen molar-refractivity contribution in [2.24, 2.45) is 0 Å². The molecule has 0 aromatic heterocycles. The molecule has 1 rings (SSSR count). The number of methoxy groups -OCH3 is 1. The molecule has 0 aliphatic rings. The van der Waals surface area contributed by atoms with E-state index in [2.05, 4.69) is 24.2 Å². The van der Waals surface area contributed by atoms with Gasteiger partial charge in [0.25, 0.3) is 0 Å². The number of hydrogen-bond acceptors (Lipinski definition) is 3. The van der Waals surface area contributed by atoms with E-state index in [1.807, 2.05) is 18.2 Å². The fourth-order valence-corrected chi connectivity index (χ4v) is 2.38. The zero-order valence-electron chi connectivity index (χ0n) is 9.69. The highest BCUT2D eigenvalue weighted by Crippen LogP contribution is 2.31. The predicted octanol–water partition coefficient (Wildman–Crippen LogP) is 2.40. The first-order valence-electron chi connectivity index (χ1n) is 5.21. The van der Waals surface area contributed by atoms with Gasteiger partial charge in [-0.3, -0.25) is 0 Å². The van der Waals surface area contributed by atoms with Crippen molar-refractivity contribution in [2.75, 3.05) is 20.2 Å². The van der Waals surface area contributed by atoms with E-state index >= 15 is 0 Å². The summed E-state index contributed by atoms with van der Waals surface area (Å²) in [6.07, 6.45) is 5.17. The normalized spacial score (nSPS) is 11.8. The fraction of sp³-hybridized carbons (Fsp3) is 0.385. The van der Waals surface area contributed by atoms with E-state index < -0.39 is 0 Å². The molecule has 0 heterocycles. The molecule has 0 saturated carbocycles. The Morgan fingerprint density at radius 2 is 2.25 bits per heavy atom. The summed E-state index contributed by atoms with van der Waals surface area (Å²) in [7, 11) is 1.70. The summed E-state index contributed by atoms with van der Waals surface area (Å²) in [5, 5.41) is 3.66. The summed E-state index contributed by atoms with van der Waals surface area (Å²) in [6, 6.07) is 8.04. The molecule has 0 radical (unpaired) electrons. The number of rotatable bonds is 6. The molecule has 2 nitrogen and oxygen atoms in total. The van der Waals surface area contributed by atoms with E-state index in [0.717, 1.165) is 12.3 Å². The van der Waals surface area contributed by atoms with Crippen molar-refractivity contribution in [3.8, 4) is 18.1 Å². The van der Waals surface area contributed by atoms with Crippen molar-refractivity contribution in [3.05, 3.63) is 24.3 Å². The lowest BCUT2D eigenvalue weighted by Crippen LogP contribution is -2.22. The van der Waals surface area contributed by atoms with Gasteiger partial charge in [0, 0.05) is 16.7 Å². The lowest BCUT2D eigenvalue weighted by atomic mass is 10.3. The highest BCUT2D eigenvalue weighted by Gasteiger charge is 2.07. The van der Waals surface area contributed by atoms with E-state index in [0.29, 0.717) is 11.8 Å². The number of ether oxygens (including phenoxy) is 1. The molecule has 86 valence electrons. The first-order chi connectivity index (χ1) is 7.77. The van der Waals surface area contributed by atoms with Crippen molar-refractivity contribution < 1.29 is 4.74 Å². The van der Waals surface area contributed by atoms with Gasteiger partial charge in [-0.25, -0.2) is 0 Å². The predicted molar refractivity (Wildman–Crippen MR) is 70.0 cm³/mol. The van der Waals surface area contributed by atoms with Crippen LogP contribution in [0.15, 0.2) is 29.2 Å². The summed E-state index contributed by atoms with van der Waals surface area (Å²) in [6.45, 7) is 3.68. The van der Waals surface area contributed by atoms with Crippen LogP contribution in [0, 0.1) is 12.3 Å². The van der Waals surface area contributed by atoms with Gasteiger partial charge in [-0.1, -0.05) is 25.0 Å². The maximum atomic E-state index is 5.30. The second-order valence-electron chi connectivity index (χ2n) is 3.41. The zero-order valence-corrected chi connectivity index (χ0v) is 10.5. The number of thioether (sulfide) groups is 1. The average molecular weight is 235 g/mol. The van der Waals surface area contributed by atoms with Crippen LogP contribution in [0.1, 0.15) is 6.92 Å². The molecule has 0 amide bonds. The van der Waals surface area contributed by atoms with Crippen LogP contribution in [0.4, 0.5) is 0 Å². The van der Waals surface area contributed by atoms with Gasteiger partial charge in [0.2, 0.25) is 0 Å². The molecule has 1 aromatic rings. The third-order valence-electron chi connectivity index (χ3n) is 2.06. The zero-order chi connectivity index (χ0) is 11.8. The molecule has 0 aliphatic heterocycles. The van der Waals surface area contributed by atoms with Crippen LogP contribution in [-0.2, 0) is 0 Å². The molecule has 0 fully saturated rings. The highest BCUT2D eigenvalue weighted by molar-refractivity contribution is 8.00. The van der Waals surface area contributed by atoms with Gasteiger partial charge < -0.3 is 10.1 Å². The molecule has 0 bridgehead atoms. The third-order valence-corrected chi connectivity index (χ3v) is 3.22. The van der Waals surface area contributed by atoms with Gasteiger partial charge in [0.15, 0.2) is 0 Å². The molecule has 1 unspecified atom stereocenters. The Hall–Kier alpha value is -1.11. The second-order valence-corrected chi connectivity index (χ2v) is 4.89. The minimum atomic E-state index is 0.463. The molecular formula is C13H17NOS. The Morgan fingerprint density at radius 3 is 2.94 bits per heavy atom. The third kappa shape index (κ3) is 4.18. The minimum absolute atomic E-state index is 0.463. The Kier molecular flexibility index (Phi) is 5.84. The molecule has 0 spiro atoms. The van der Waals surface area contributed by atoms with Crippen molar-refractivity contribution in [2.45, 2.75) is 17.1 Å². The maximum absolute atomic E-state index is 5.30. The molecule has 0 aliphatic carbocycles. The Bertz CT molecular complexity index is 359. The number of nitrogens with one attached hydrogen (secondary N) is 1. The molecule has 0 saturated heterocycles. The Labute approximate surface area is 102 Å². The van der Waals surface area contributed by atoms with Gasteiger partial charge in [-0.05, 0) is 12.1 Å². The quantitative estimate of drug-likeness (QED) is 0.465. The number of benzene rings is 1. The number of hydrogen-bond donors (Lipinski definition) is 1. The monoisotopic (exact) mass is 235 g/mol. The summed E-state index contributed by atoms with van der Waals surface area (Å²) in [5.41, 5.74) is 0. The van der Waals surface area contributed by atoms with Crippen LogP contribution in [0.25, 0.3) is 0 Å². The SMILES string of the molecule is C#CCNCC(C)Sc1ccccc1OC. The molecular weight excluding hydrogens is 218 g/mol. The first-order valence-corrected chi connectivity index (χ1v) is 6.09. The van der Waals surface area contributed by atoms with Crippen LogP contribution >= 0.6 is 11.8 Å². The summed E-state index contributed by atoms with van der Waals surface area (Å²) < 4.78 is 5.30. The summed E-state index contributed by atoms with van der Waals surface area (Å²) in [4.78, 5) is 1.17. The van der Waals surface area contributed by atoms with Gasteiger partial charge in [-0.2, -0.15) is 0 Å². The summed E-state index contributed by atoms with van der Waals surface area (Å²) >= 11 is 1.79. The number of terminal acetylenes is 1. The van der Waals surface area contributed by atoms with Crippen LogP contribution in [-0.4, -0.2) is 25.4 Å². The van der Waals surface area contributed by atoms with Gasteiger partial charge in [0.1, 0.15) is 5.75 Å². The maximum Gasteiger partial charge on any atom is 0.132 e. The van der Waals surface area contributed by atoms with E-state index in [4.69, 9.17) is 11.2 Å². The van der Waals surface area contributed by atoms with Crippen LogP contribution in [0.2, 0.25) is 0 Å². The van der Waals surface area contributed by atoms with E-state index in [-0.39, 0.29) is 0 Å². The van der Waals surface area contributed by atoms with E-state index in [1.165, 1.54) is 4.90 Å². The van der Waals surface area contributed by atoms with E-state index in [1.54, 1.807) is 18.9 Å². The van der Waals surface area contributed by atoms with Crippen LogP contribution in [0.3, 0.4) is 0 Å². The van der Waals surface area contributed by atoms with Crippen molar-refractivity contribution in [1.82, 2.24) is 5.32 Å². The first kappa shape index (κ1) is 13.0. The topological polar surface area (TPSA) is 21.3 Å². The molecule has 16 heavy (non-hydrogen) atoms. The van der Waals surface area contributed by atoms with Crippen molar-refractivity contribution in [1.29, 1.82) is 0 Å². The average Bonchev–Trinajstić information content (AvgIpc) is 2.30. The lowest BCUT2D eigenvalue weighted by molar-refractivity contribution is 0.404.